The highest BCUT2D eigenvalue weighted by Gasteiger charge is 2.32. The van der Waals surface area contributed by atoms with Gasteiger partial charge in [0.2, 0.25) is 5.91 Å². The Morgan fingerprint density at radius 2 is 2.33 bits per heavy atom. The van der Waals surface area contributed by atoms with E-state index in [9.17, 15) is 4.79 Å². The minimum absolute atomic E-state index is 0.229. The first-order valence-electron chi connectivity index (χ1n) is 6.82. The lowest BCUT2D eigenvalue weighted by Gasteiger charge is -2.23. The van der Waals surface area contributed by atoms with E-state index in [1.54, 1.807) is 0 Å². The normalized spacial score (nSPS) is 14.8. The second-order valence-corrected chi connectivity index (χ2v) is 5.04. The van der Waals surface area contributed by atoms with Gasteiger partial charge in [-0.05, 0) is 37.9 Å². The van der Waals surface area contributed by atoms with Gasteiger partial charge in [-0.15, -0.1) is 0 Å². The molecule has 1 aliphatic carbocycles. The topological polar surface area (TPSA) is 37.3 Å². The second-order valence-electron chi connectivity index (χ2n) is 5.04. The van der Waals surface area contributed by atoms with E-state index in [1.807, 2.05) is 24.2 Å². The van der Waals surface area contributed by atoms with Gasteiger partial charge in [-0.2, -0.15) is 0 Å². The summed E-state index contributed by atoms with van der Waals surface area (Å²) in [5.41, 5.74) is 1.20. The number of nitrogens with one attached hydrogen (secondary N) is 1. The monoisotopic (exact) mass is 249 g/mol. The van der Waals surface area contributed by atoms with Crippen molar-refractivity contribution in [2.45, 2.75) is 38.8 Å². The van der Waals surface area contributed by atoms with Gasteiger partial charge in [0.25, 0.3) is 0 Å². The fraction of sp³-hybridized carbons (Fsp3) is 0.643. The van der Waals surface area contributed by atoms with Crippen LogP contribution in [-0.2, 0) is 18.4 Å². The van der Waals surface area contributed by atoms with Crippen molar-refractivity contribution >= 4 is 5.91 Å². The molecule has 18 heavy (non-hydrogen) atoms. The minimum atomic E-state index is 0.229. The van der Waals surface area contributed by atoms with Crippen molar-refractivity contribution in [3.05, 3.63) is 24.0 Å². The summed E-state index contributed by atoms with van der Waals surface area (Å²) >= 11 is 0. The molecule has 1 saturated carbocycles. The Morgan fingerprint density at radius 3 is 2.89 bits per heavy atom. The molecule has 4 nitrogen and oxygen atoms in total. The number of aryl methyl sites for hydroxylation is 1. The van der Waals surface area contributed by atoms with Gasteiger partial charge in [0.1, 0.15) is 0 Å². The van der Waals surface area contributed by atoms with Crippen LogP contribution in [-0.4, -0.2) is 34.5 Å². The molecule has 1 aromatic heterocycles. The summed E-state index contributed by atoms with van der Waals surface area (Å²) in [5, 5.41) is 3.19. The Morgan fingerprint density at radius 1 is 1.56 bits per heavy atom. The standard InChI is InChI=1S/C14H23N3O/c1-3-8-15-10-14(18)17(12-6-7-12)11-13-5-4-9-16(13)2/h4-5,9,12,15H,3,6-8,10-11H2,1-2H3. The van der Waals surface area contributed by atoms with Gasteiger partial charge in [0.05, 0.1) is 13.1 Å². The van der Waals surface area contributed by atoms with E-state index >= 15 is 0 Å². The van der Waals surface area contributed by atoms with E-state index in [1.165, 1.54) is 5.69 Å². The van der Waals surface area contributed by atoms with Crippen molar-refractivity contribution in [3.8, 4) is 0 Å². The maximum atomic E-state index is 12.2. The second kappa shape index (κ2) is 6.05. The van der Waals surface area contributed by atoms with Crippen LogP contribution in [0.3, 0.4) is 0 Å². The van der Waals surface area contributed by atoms with E-state index in [0.717, 1.165) is 32.4 Å². The molecule has 2 rings (SSSR count). The zero-order chi connectivity index (χ0) is 13.0. The molecule has 0 atom stereocenters. The Bertz CT molecular complexity index is 395. The van der Waals surface area contributed by atoms with Gasteiger partial charge in [-0.25, -0.2) is 0 Å². The summed E-state index contributed by atoms with van der Waals surface area (Å²) in [7, 11) is 2.03. The molecule has 1 aromatic rings. The first-order valence-corrected chi connectivity index (χ1v) is 6.82. The largest absolute Gasteiger partial charge is 0.353 e. The third-order valence-electron chi connectivity index (χ3n) is 3.39. The van der Waals surface area contributed by atoms with Crippen LogP contribution in [0.25, 0.3) is 0 Å². The number of hydrogen-bond acceptors (Lipinski definition) is 2. The number of carbonyl (C=O) groups excluding carboxylic acids is 1. The molecule has 0 radical (unpaired) electrons. The van der Waals surface area contributed by atoms with Crippen LogP contribution in [0, 0.1) is 0 Å². The van der Waals surface area contributed by atoms with Crippen molar-refractivity contribution in [2.24, 2.45) is 7.05 Å². The molecule has 0 bridgehead atoms. The van der Waals surface area contributed by atoms with Gasteiger partial charge in [0.15, 0.2) is 0 Å². The summed E-state index contributed by atoms with van der Waals surface area (Å²) in [6.45, 7) is 4.23. The summed E-state index contributed by atoms with van der Waals surface area (Å²) < 4.78 is 2.09. The van der Waals surface area contributed by atoms with E-state index in [2.05, 4.69) is 22.9 Å². The molecule has 1 amide bonds. The highest BCUT2D eigenvalue weighted by Crippen LogP contribution is 2.28. The van der Waals surface area contributed by atoms with Gasteiger partial charge >= 0.3 is 0 Å². The van der Waals surface area contributed by atoms with Crippen molar-refractivity contribution in [3.63, 3.8) is 0 Å². The van der Waals surface area contributed by atoms with Crippen LogP contribution >= 0.6 is 0 Å². The van der Waals surface area contributed by atoms with Crippen LogP contribution in [0.1, 0.15) is 31.9 Å². The smallest absolute Gasteiger partial charge is 0.237 e. The molecule has 0 aliphatic heterocycles. The van der Waals surface area contributed by atoms with E-state index in [4.69, 9.17) is 0 Å². The average molecular weight is 249 g/mol. The lowest BCUT2D eigenvalue weighted by molar-refractivity contribution is -0.131. The van der Waals surface area contributed by atoms with Crippen molar-refractivity contribution < 1.29 is 4.79 Å². The molecular weight excluding hydrogens is 226 g/mol. The predicted molar refractivity (Wildman–Crippen MR) is 72.1 cm³/mol. The molecule has 0 unspecified atom stereocenters. The zero-order valence-electron chi connectivity index (χ0n) is 11.4. The van der Waals surface area contributed by atoms with Crippen molar-refractivity contribution in [1.82, 2.24) is 14.8 Å². The van der Waals surface area contributed by atoms with Gasteiger partial charge in [-0.3, -0.25) is 4.79 Å². The first-order chi connectivity index (χ1) is 8.72. The predicted octanol–water partition coefficient (Wildman–Crippen LogP) is 1.52. The van der Waals surface area contributed by atoms with E-state index < -0.39 is 0 Å². The molecular formula is C14H23N3O. The maximum absolute atomic E-state index is 12.2. The number of amides is 1. The zero-order valence-corrected chi connectivity index (χ0v) is 11.4. The Kier molecular flexibility index (Phi) is 4.42. The van der Waals surface area contributed by atoms with Gasteiger partial charge < -0.3 is 14.8 Å². The van der Waals surface area contributed by atoms with Gasteiger partial charge in [0, 0.05) is 25.0 Å². The number of rotatable bonds is 7. The number of aromatic nitrogens is 1. The number of carbonyl (C=O) groups is 1. The summed E-state index contributed by atoms with van der Waals surface area (Å²) in [4.78, 5) is 14.2. The van der Waals surface area contributed by atoms with Crippen LogP contribution in [0.2, 0.25) is 0 Å². The third-order valence-corrected chi connectivity index (χ3v) is 3.39. The molecule has 1 aliphatic rings. The molecule has 0 saturated heterocycles. The highest BCUT2D eigenvalue weighted by molar-refractivity contribution is 5.78. The van der Waals surface area contributed by atoms with Crippen LogP contribution < -0.4 is 5.32 Å². The van der Waals surface area contributed by atoms with E-state index in [0.29, 0.717) is 12.6 Å². The quantitative estimate of drug-likeness (QED) is 0.744. The molecule has 1 N–H and O–H groups in total. The van der Waals surface area contributed by atoms with Crippen molar-refractivity contribution in [2.75, 3.05) is 13.1 Å². The average Bonchev–Trinajstić information content (AvgIpc) is 3.11. The minimum Gasteiger partial charge on any atom is -0.353 e. The first kappa shape index (κ1) is 13.1. The fourth-order valence-corrected chi connectivity index (χ4v) is 2.12. The molecule has 1 fully saturated rings. The van der Waals surface area contributed by atoms with Crippen molar-refractivity contribution in [1.29, 1.82) is 0 Å². The van der Waals surface area contributed by atoms with Crippen LogP contribution in [0.15, 0.2) is 18.3 Å². The van der Waals surface area contributed by atoms with Gasteiger partial charge in [-0.1, -0.05) is 6.92 Å². The summed E-state index contributed by atoms with van der Waals surface area (Å²) in [6.07, 6.45) is 5.41. The Hall–Kier alpha value is -1.29. The SMILES string of the molecule is CCCNCC(=O)N(Cc1cccn1C)C1CC1. The van der Waals surface area contributed by atoms with Crippen LogP contribution in [0.5, 0.6) is 0 Å². The molecule has 4 heteroatoms. The maximum Gasteiger partial charge on any atom is 0.237 e. The third kappa shape index (κ3) is 3.35. The fourth-order valence-electron chi connectivity index (χ4n) is 2.12. The lowest BCUT2D eigenvalue weighted by Crippen LogP contribution is -2.39. The molecule has 100 valence electrons. The van der Waals surface area contributed by atoms with E-state index in [-0.39, 0.29) is 5.91 Å². The molecule has 0 aromatic carbocycles. The molecule has 0 spiro atoms. The van der Waals surface area contributed by atoms with Crippen LogP contribution in [0.4, 0.5) is 0 Å². The number of hydrogen-bond donors (Lipinski definition) is 1. The highest BCUT2D eigenvalue weighted by atomic mass is 16.2. The Balaban J connectivity index is 1.91. The summed E-state index contributed by atoms with van der Waals surface area (Å²) in [5.74, 6) is 0.229. The number of nitrogens with zero attached hydrogens (tertiary/aromatic N) is 2. The Labute approximate surface area is 109 Å². The lowest BCUT2D eigenvalue weighted by atomic mass is 10.3. The summed E-state index contributed by atoms with van der Waals surface area (Å²) in [6, 6.07) is 4.58. The molecule has 1 heterocycles.